The minimum Gasteiger partial charge on any atom is -0.618 e. The van der Waals surface area contributed by atoms with Crippen molar-refractivity contribution in [1.29, 1.82) is 0 Å². The van der Waals surface area contributed by atoms with Gasteiger partial charge in [-0.25, -0.2) is 0 Å². The molecule has 5 rings (SSSR count). The van der Waals surface area contributed by atoms with Gasteiger partial charge >= 0.3 is 0 Å². The van der Waals surface area contributed by atoms with E-state index in [2.05, 4.69) is 22.3 Å². The Morgan fingerprint density at radius 3 is 2.36 bits per heavy atom. The van der Waals surface area contributed by atoms with Crippen LogP contribution >= 0.6 is 0 Å². The van der Waals surface area contributed by atoms with Crippen molar-refractivity contribution in [1.82, 2.24) is 15.1 Å². The molecule has 2 aromatic rings. The van der Waals surface area contributed by atoms with Crippen LogP contribution in [-0.4, -0.2) is 54.3 Å². The van der Waals surface area contributed by atoms with Crippen molar-refractivity contribution in [2.45, 2.75) is 52.0 Å². The zero-order valence-corrected chi connectivity index (χ0v) is 21.5. The molecule has 1 saturated carbocycles. The Bertz CT molecular complexity index is 1090. The monoisotopic (exact) mass is 490 g/mol. The highest BCUT2D eigenvalue weighted by Gasteiger charge is 2.42. The summed E-state index contributed by atoms with van der Waals surface area (Å²) in [4.78, 5) is 30.6. The van der Waals surface area contributed by atoms with Crippen LogP contribution in [0.5, 0.6) is 0 Å². The van der Waals surface area contributed by atoms with Crippen LogP contribution in [0.1, 0.15) is 65.3 Å². The number of nitrogens with one attached hydrogen (secondary N) is 1. The fourth-order valence-corrected chi connectivity index (χ4v) is 6.49. The zero-order chi connectivity index (χ0) is 25.2. The van der Waals surface area contributed by atoms with E-state index in [1.54, 1.807) is 13.0 Å². The Kier molecular flexibility index (Phi) is 7.28. The van der Waals surface area contributed by atoms with Gasteiger partial charge in [0.25, 0.3) is 5.91 Å². The molecule has 0 unspecified atom stereocenters. The molecule has 1 aromatic heterocycles. The third-order valence-electron chi connectivity index (χ3n) is 8.59. The fourth-order valence-electron chi connectivity index (χ4n) is 6.49. The number of pyridine rings is 1. The molecule has 0 radical (unpaired) electrons. The molecule has 0 bridgehead atoms. The quantitative estimate of drug-likeness (QED) is 0.477. The second kappa shape index (κ2) is 10.6. The number of nitrogens with zero attached hydrogens (tertiary/aromatic N) is 3. The molecule has 2 aliphatic heterocycles. The SMILES string of the molecule is Cc1cc[n+]([O-])c(C)c1C(=O)N1C[C@H]2CN(CC[C@H](NC(=O)C3CCCC3)c3ccccc3)C[C@H]2C1. The molecule has 192 valence electrons. The summed E-state index contributed by atoms with van der Waals surface area (Å²) in [5, 5.41) is 15.4. The summed E-state index contributed by atoms with van der Waals surface area (Å²) in [7, 11) is 0. The van der Waals surface area contributed by atoms with Crippen LogP contribution < -0.4 is 10.0 Å². The maximum absolute atomic E-state index is 13.3. The number of fused-ring (bicyclic) bond motifs is 1. The van der Waals surface area contributed by atoms with Crippen molar-refractivity contribution in [3.63, 3.8) is 0 Å². The van der Waals surface area contributed by atoms with Gasteiger partial charge in [0.15, 0.2) is 6.20 Å². The summed E-state index contributed by atoms with van der Waals surface area (Å²) in [5.41, 5.74) is 3.05. The predicted octanol–water partition coefficient (Wildman–Crippen LogP) is 3.38. The lowest BCUT2D eigenvalue weighted by Crippen LogP contribution is -2.38. The molecule has 1 aromatic carbocycles. The molecule has 36 heavy (non-hydrogen) atoms. The molecule has 3 fully saturated rings. The molecule has 0 spiro atoms. The lowest BCUT2D eigenvalue weighted by Gasteiger charge is -2.26. The highest BCUT2D eigenvalue weighted by Crippen LogP contribution is 2.33. The van der Waals surface area contributed by atoms with Crippen molar-refractivity contribution < 1.29 is 14.3 Å². The number of carbonyl (C=O) groups excluding carboxylic acids is 2. The van der Waals surface area contributed by atoms with Crippen LogP contribution in [0.15, 0.2) is 42.6 Å². The van der Waals surface area contributed by atoms with Crippen LogP contribution in [0.3, 0.4) is 0 Å². The first-order chi connectivity index (χ1) is 17.4. The number of hydrogen-bond acceptors (Lipinski definition) is 4. The van der Waals surface area contributed by atoms with Crippen molar-refractivity contribution >= 4 is 11.8 Å². The number of benzene rings is 1. The van der Waals surface area contributed by atoms with Crippen LogP contribution in [-0.2, 0) is 4.79 Å². The van der Waals surface area contributed by atoms with E-state index in [1.165, 1.54) is 11.8 Å². The summed E-state index contributed by atoms with van der Waals surface area (Å²) in [6.07, 6.45) is 6.69. The molecule has 2 amide bonds. The van der Waals surface area contributed by atoms with E-state index >= 15 is 0 Å². The van der Waals surface area contributed by atoms with Crippen molar-refractivity contribution in [2.75, 3.05) is 32.7 Å². The molecule has 3 heterocycles. The molecule has 1 aliphatic carbocycles. The maximum Gasteiger partial charge on any atom is 0.260 e. The number of rotatable bonds is 7. The van der Waals surface area contributed by atoms with E-state index in [9.17, 15) is 14.8 Å². The number of amides is 2. The van der Waals surface area contributed by atoms with E-state index in [1.807, 2.05) is 30.0 Å². The maximum atomic E-state index is 13.3. The van der Waals surface area contributed by atoms with Crippen molar-refractivity contribution in [3.8, 4) is 0 Å². The molecule has 1 N–H and O–H groups in total. The summed E-state index contributed by atoms with van der Waals surface area (Å²) in [6, 6.07) is 12.1. The fraction of sp³-hybridized carbons (Fsp3) is 0.552. The Labute approximate surface area is 214 Å². The number of aryl methyl sites for hydroxylation is 1. The first kappa shape index (κ1) is 24.8. The number of likely N-dealkylation sites (tertiary alicyclic amines) is 2. The predicted molar refractivity (Wildman–Crippen MR) is 138 cm³/mol. The standard InChI is InChI=1S/C29H38N4O3/c1-20-12-15-33(36)21(2)27(20)29(35)32-18-24-16-31(17-25(24)19-32)14-13-26(22-8-4-3-5-9-22)30-28(34)23-10-6-7-11-23/h3-5,8-9,12,15,23-26H,6-7,10-11,13-14,16-19H2,1-2H3,(H,30,34)/t24-,25+,26-/m0/s1. The molecule has 7 nitrogen and oxygen atoms in total. The second-order valence-electron chi connectivity index (χ2n) is 11.0. The highest BCUT2D eigenvalue weighted by atomic mass is 16.5. The molecule has 3 atom stereocenters. The molecular weight excluding hydrogens is 452 g/mol. The van der Waals surface area contributed by atoms with Gasteiger partial charge in [0.1, 0.15) is 5.56 Å². The van der Waals surface area contributed by atoms with Crippen LogP contribution in [0, 0.1) is 36.8 Å². The van der Waals surface area contributed by atoms with E-state index < -0.39 is 0 Å². The molecule has 7 heteroatoms. The Morgan fingerprint density at radius 2 is 1.69 bits per heavy atom. The van der Waals surface area contributed by atoms with E-state index in [0.29, 0.717) is 23.1 Å². The summed E-state index contributed by atoms with van der Waals surface area (Å²) < 4.78 is 0.785. The first-order valence-electron chi connectivity index (χ1n) is 13.5. The van der Waals surface area contributed by atoms with Crippen molar-refractivity contribution in [3.05, 3.63) is 70.2 Å². The van der Waals surface area contributed by atoms with E-state index in [0.717, 1.165) is 75.1 Å². The Balaban J connectivity index is 1.17. The van der Waals surface area contributed by atoms with Gasteiger partial charge in [0.05, 0.1) is 6.04 Å². The normalized spacial score (nSPS) is 23.1. The molecule has 2 saturated heterocycles. The van der Waals surface area contributed by atoms with E-state index in [4.69, 9.17) is 0 Å². The highest BCUT2D eigenvalue weighted by molar-refractivity contribution is 5.96. The lowest BCUT2D eigenvalue weighted by molar-refractivity contribution is -0.612. The molecular formula is C29H38N4O3. The van der Waals surface area contributed by atoms with Gasteiger partial charge < -0.3 is 20.3 Å². The topological polar surface area (TPSA) is 79.6 Å². The molecule has 3 aliphatic rings. The number of carbonyl (C=O) groups is 2. The summed E-state index contributed by atoms with van der Waals surface area (Å²) in [6.45, 7) is 7.98. The van der Waals surface area contributed by atoms with Gasteiger partial charge in [-0.05, 0) is 49.1 Å². The lowest BCUT2D eigenvalue weighted by atomic mass is 10.0. The van der Waals surface area contributed by atoms with Gasteiger partial charge in [0.2, 0.25) is 11.6 Å². The summed E-state index contributed by atoms with van der Waals surface area (Å²) in [5.74, 6) is 1.27. The van der Waals surface area contributed by atoms with Crippen LogP contribution in [0.2, 0.25) is 0 Å². The van der Waals surface area contributed by atoms with Gasteiger partial charge in [-0.15, -0.1) is 0 Å². The average Bonchev–Trinajstić information content (AvgIpc) is 3.62. The third-order valence-corrected chi connectivity index (χ3v) is 8.59. The second-order valence-corrected chi connectivity index (χ2v) is 11.0. The van der Waals surface area contributed by atoms with Crippen LogP contribution in [0.4, 0.5) is 0 Å². The first-order valence-corrected chi connectivity index (χ1v) is 13.5. The van der Waals surface area contributed by atoms with Gasteiger partial charge in [-0.1, -0.05) is 43.2 Å². The Morgan fingerprint density at radius 1 is 1.03 bits per heavy atom. The number of aromatic nitrogens is 1. The minimum atomic E-state index is -0.0186. The summed E-state index contributed by atoms with van der Waals surface area (Å²) >= 11 is 0. The largest absolute Gasteiger partial charge is 0.618 e. The smallest absolute Gasteiger partial charge is 0.260 e. The van der Waals surface area contributed by atoms with Crippen molar-refractivity contribution in [2.24, 2.45) is 17.8 Å². The van der Waals surface area contributed by atoms with E-state index in [-0.39, 0.29) is 23.8 Å². The van der Waals surface area contributed by atoms with Gasteiger partial charge in [-0.2, -0.15) is 4.73 Å². The van der Waals surface area contributed by atoms with Gasteiger partial charge in [0, 0.05) is 51.6 Å². The zero-order valence-electron chi connectivity index (χ0n) is 21.5. The van der Waals surface area contributed by atoms with Gasteiger partial charge in [-0.3, -0.25) is 9.59 Å². The average molecular weight is 491 g/mol. The van der Waals surface area contributed by atoms with Crippen LogP contribution in [0.25, 0.3) is 0 Å². The minimum absolute atomic E-state index is 0.0186. The number of hydrogen-bond donors (Lipinski definition) is 1. The third kappa shape index (κ3) is 5.12. The Hall–Kier alpha value is -2.93.